The van der Waals surface area contributed by atoms with Crippen LogP contribution in [-0.2, 0) is 4.79 Å². The molecule has 2 bridgehead atoms. The van der Waals surface area contributed by atoms with Crippen LogP contribution in [0.5, 0.6) is 0 Å². The van der Waals surface area contributed by atoms with Crippen LogP contribution in [0.4, 0.5) is 0 Å². The number of halogens is 1. The summed E-state index contributed by atoms with van der Waals surface area (Å²) in [5, 5.41) is 6.77. The minimum Gasteiger partial charge on any atom is -0.353 e. The summed E-state index contributed by atoms with van der Waals surface area (Å²) >= 11 is 1.74. The summed E-state index contributed by atoms with van der Waals surface area (Å²) in [6, 6.07) is 1.74. The molecule has 0 aliphatic carbocycles. The van der Waals surface area contributed by atoms with Crippen LogP contribution in [0, 0.1) is 0 Å². The van der Waals surface area contributed by atoms with E-state index in [4.69, 9.17) is 0 Å². The molecule has 17 heavy (non-hydrogen) atoms. The monoisotopic (exact) mass is 278 g/mol. The van der Waals surface area contributed by atoms with Crippen LogP contribution in [-0.4, -0.2) is 35.5 Å². The number of nitrogens with one attached hydrogen (secondary N) is 2. The Balaban J connectivity index is 0.00000144. The molecule has 2 fully saturated rings. The first-order valence-electron chi connectivity index (χ1n) is 6.41. The van der Waals surface area contributed by atoms with Crippen LogP contribution >= 0.6 is 24.2 Å². The summed E-state index contributed by atoms with van der Waals surface area (Å²) in [6.07, 6.45) is 5.99. The fourth-order valence-electron chi connectivity index (χ4n) is 2.75. The minimum atomic E-state index is 0. The molecule has 2 heterocycles. The van der Waals surface area contributed by atoms with Gasteiger partial charge in [-0.25, -0.2) is 0 Å². The van der Waals surface area contributed by atoms with E-state index in [1.165, 1.54) is 12.8 Å². The van der Waals surface area contributed by atoms with Gasteiger partial charge in [0.1, 0.15) is 0 Å². The molecule has 0 aromatic rings. The van der Waals surface area contributed by atoms with Gasteiger partial charge in [-0.2, -0.15) is 11.8 Å². The van der Waals surface area contributed by atoms with Crippen molar-refractivity contribution in [2.75, 3.05) is 11.5 Å². The molecule has 0 saturated carbocycles. The molecule has 2 atom stereocenters. The van der Waals surface area contributed by atoms with Crippen molar-refractivity contribution in [3.05, 3.63) is 0 Å². The number of carbonyl (C=O) groups is 1. The van der Waals surface area contributed by atoms with Crippen molar-refractivity contribution in [1.82, 2.24) is 10.6 Å². The SMILES string of the molecule is CCCSCC(=O)NC1CC2CCC(C1)N2.Cl. The topological polar surface area (TPSA) is 41.1 Å². The summed E-state index contributed by atoms with van der Waals surface area (Å²) in [5.41, 5.74) is 0. The van der Waals surface area contributed by atoms with Gasteiger partial charge in [0.15, 0.2) is 0 Å². The highest BCUT2D eigenvalue weighted by Crippen LogP contribution is 2.26. The predicted molar refractivity (Wildman–Crippen MR) is 76.0 cm³/mol. The molecule has 3 nitrogen and oxygen atoms in total. The smallest absolute Gasteiger partial charge is 0.230 e. The molecular formula is C12H23ClN2OS. The van der Waals surface area contributed by atoms with Crippen molar-refractivity contribution in [2.45, 2.75) is 57.2 Å². The molecule has 2 aliphatic rings. The molecule has 2 saturated heterocycles. The van der Waals surface area contributed by atoms with Gasteiger partial charge in [0.25, 0.3) is 0 Å². The highest BCUT2D eigenvalue weighted by Gasteiger charge is 2.33. The summed E-state index contributed by atoms with van der Waals surface area (Å²) < 4.78 is 0. The van der Waals surface area contributed by atoms with Gasteiger partial charge in [0.2, 0.25) is 5.91 Å². The van der Waals surface area contributed by atoms with E-state index in [-0.39, 0.29) is 18.3 Å². The van der Waals surface area contributed by atoms with Crippen molar-refractivity contribution in [3.63, 3.8) is 0 Å². The lowest BCUT2D eigenvalue weighted by atomic mass is 10.00. The van der Waals surface area contributed by atoms with Gasteiger partial charge in [0.05, 0.1) is 5.75 Å². The average molecular weight is 279 g/mol. The van der Waals surface area contributed by atoms with Crippen LogP contribution in [0.2, 0.25) is 0 Å². The molecule has 1 amide bonds. The Kier molecular flexibility index (Phi) is 6.67. The second-order valence-corrected chi connectivity index (χ2v) is 6.03. The van der Waals surface area contributed by atoms with Gasteiger partial charge in [-0.15, -0.1) is 12.4 Å². The Morgan fingerprint density at radius 1 is 1.35 bits per heavy atom. The fraction of sp³-hybridized carbons (Fsp3) is 0.917. The summed E-state index contributed by atoms with van der Waals surface area (Å²) in [4.78, 5) is 11.7. The Labute approximate surface area is 114 Å². The maximum absolute atomic E-state index is 11.7. The van der Waals surface area contributed by atoms with Crippen LogP contribution in [0.1, 0.15) is 39.0 Å². The van der Waals surface area contributed by atoms with Crippen molar-refractivity contribution < 1.29 is 4.79 Å². The summed E-state index contributed by atoms with van der Waals surface area (Å²) in [7, 11) is 0. The molecule has 5 heteroatoms. The molecule has 0 radical (unpaired) electrons. The summed E-state index contributed by atoms with van der Waals surface area (Å²) in [6.45, 7) is 2.15. The normalized spacial score (nSPS) is 30.8. The minimum absolute atomic E-state index is 0. The number of fused-ring (bicyclic) bond motifs is 2. The van der Waals surface area contributed by atoms with Gasteiger partial charge in [-0.3, -0.25) is 4.79 Å². The van der Waals surface area contributed by atoms with E-state index in [1.807, 2.05) is 0 Å². The molecule has 0 aromatic heterocycles. The lowest BCUT2D eigenvalue weighted by Crippen LogP contribution is -2.48. The number of thioether (sulfide) groups is 1. The second-order valence-electron chi connectivity index (χ2n) is 4.93. The first-order valence-corrected chi connectivity index (χ1v) is 7.56. The largest absolute Gasteiger partial charge is 0.353 e. The molecule has 2 aliphatic heterocycles. The van der Waals surface area contributed by atoms with E-state index in [2.05, 4.69) is 17.6 Å². The van der Waals surface area contributed by atoms with Gasteiger partial charge in [-0.1, -0.05) is 6.92 Å². The van der Waals surface area contributed by atoms with Gasteiger partial charge in [-0.05, 0) is 37.9 Å². The lowest BCUT2D eigenvalue weighted by Gasteiger charge is -2.29. The first kappa shape index (κ1) is 15.1. The molecule has 2 rings (SSSR count). The van der Waals surface area contributed by atoms with Crippen molar-refractivity contribution in [2.24, 2.45) is 0 Å². The van der Waals surface area contributed by atoms with E-state index < -0.39 is 0 Å². The number of hydrogen-bond donors (Lipinski definition) is 2. The van der Waals surface area contributed by atoms with Gasteiger partial charge >= 0.3 is 0 Å². The first-order chi connectivity index (χ1) is 7.78. The van der Waals surface area contributed by atoms with Crippen LogP contribution in [0.25, 0.3) is 0 Å². The molecule has 100 valence electrons. The van der Waals surface area contributed by atoms with Crippen LogP contribution < -0.4 is 10.6 Å². The van der Waals surface area contributed by atoms with Gasteiger partial charge < -0.3 is 10.6 Å². The molecule has 2 unspecified atom stereocenters. The average Bonchev–Trinajstić information content (AvgIpc) is 2.58. The van der Waals surface area contributed by atoms with Crippen LogP contribution in [0.15, 0.2) is 0 Å². The third-order valence-electron chi connectivity index (χ3n) is 3.42. The van der Waals surface area contributed by atoms with E-state index in [9.17, 15) is 4.79 Å². The fourth-order valence-corrected chi connectivity index (χ4v) is 3.46. The maximum Gasteiger partial charge on any atom is 0.230 e. The molecular weight excluding hydrogens is 256 g/mol. The predicted octanol–water partition coefficient (Wildman–Crippen LogP) is 1.95. The Hall–Kier alpha value is 0.0700. The molecule has 2 N–H and O–H groups in total. The highest BCUT2D eigenvalue weighted by atomic mass is 35.5. The number of amides is 1. The quantitative estimate of drug-likeness (QED) is 0.756. The highest BCUT2D eigenvalue weighted by molar-refractivity contribution is 7.99. The zero-order valence-corrected chi connectivity index (χ0v) is 12.0. The Bertz CT molecular complexity index is 241. The lowest BCUT2D eigenvalue weighted by molar-refractivity contribution is -0.119. The van der Waals surface area contributed by atoms with Crippen molar-refractivity contribution >= 4 is 30.1 Å². The zero-order valence-electron chi connectivity index (χ0n) is 10.4. The number of carbonyl (C=O) groups excluding carboxylic acids is 1. The zero-order chi connectivity index (χ0) is 11.4. The maximum atomic E-state index is 11.7. The van der Waals surface area contributed by atoms with E-state index in [1.54, 1.807) is 11.8 Å². The number of piperidine rings is 1. The third-order valence-corrected chi connectivity index (χ3v) is 4.58. The molecule has 0 spiro atoms. The van der Waals surface area contributed by atoms with E-state index in [0.717, 1.165) is 25.0 Å². The number of rotatable bonds is 5. The number of hydrogen-bond acceptors (Lipinski definition) is 3. The molecule has 0 aromatic carbocycles. The van der Waals surface area contributed by atoms with Crippen LogP contribution in [0.3, 0.4) is 0 Å². The van der Waals surface area contributed by atoms with E-state index in [0.29, 0.717) is 23.9 Å². The second kappa shape index (κ2) is 7.49. The summed E-state index contributed by atoms with van der Waals surface area (Å²) in [5.74, 6) is 1.95. The Morgan fingerprint density at radius 2 is 2.00 bits per heavy atom. The standard InChI is InChI=1S/C12H22N2OS.ClH/c1-2-5-16-8-12(15)14-11-6-9-3-4-10(7-11)13-9;/h9-11,13H,2-8H2,1H3,(H,14,15);1H. The van der Waals surface area contributed by atoms with E-state index >= 15 is 0 Å². The Morgan fingerprint density at radius 3 is 2.59 bits per heavy atom. The third kappa shape index (κ3) is 4.68. The van der Waals surface area contributed by atoms with Crippen molar-refractivity contribution in [3.8, 4) is 0 Å². The van der Waals surface area contributed by atoms with Crippen molar-refractivity contribution in [1.29, 1.82) is 0 Å². The van der Waals surface area contributed by atoms with Gasteiger partial charge in [0, 0.05) is 18.1 Å².